The third-order valence-corrected chi connectivity index (χ3v) is 3.84. The predicted octanol–water partition coefficient (Wildman–Crippen LogP) is 2.83. The molecule has 22 heavy (non-hydrogen) atoms. The Balaban J connectivity index is 1.85. The van der Waals surface area contributed by atoms with E-state index in [0.29, 0.717) is 11.2 Å². The molecule has 2 aromatic rings. The summed E-state index contributed by atoms with van der Waals surface area (Å²) >= 11 is 5.93. The van der Waals surface area contributed by atoms with Crippen molar-refractivity contribution in [3.05, 3.63) is 41.3 Å². The average molecular weight is 317 g/mol. The number of aromatic nitrogens is 2. The molecule has 0 aliphatic carbocycles. The summed E-state index contributed by atoms with van der Waals surface area (Å²) in [5.41, 5.74) is 8.98. The second kappa shape index (κ2) is 6.85. The maximum Gasteiger partial charge on any atom is 0.129 e. The minimum absolute atomic E-state index is 0.296. The number of allylic oxidation sites excluding steroid dienone is 1. The van der Waals surface area contributed by atoms with Crippen molar-refractivity contribution in [1.82, 2.24) is 9.97 Å². The second-order valence-electron chi connectivity index (χ2n) is 5.14. The lowest BCUT2D eigenvalue weighted by molar-refractivity contribution is 0.0872. The van der Waals surface area contributed by atoms with Crippen molar-refractivity contribution < 1.29 is 4.74 Å². The number of fused-ring (bicyclic) bond motifs is 1. The monoisotopic (exact) mass is 316 g/mol. The fourth-order valence-corrected chi connectivity index (χ4v) is 2.53. The Hall–Kier alpha value is -1.98. The summed E-state index contributed by atoms with van der Waals surface area (Å²) in [5, 5.41) is 0.445. The number of nitrogens with two attached hydrogens (primary N) is 1. The van der Waals surface area contributed by atoms with Crippen LogP contribution in [0.2, 0.25) is 5.15 Å². The quantitative estimate of drug-likeness (QED) is 0.698. The van der Waals surface area contributed by atoms with E-state index in [1.807, 2.05) is 18.3 Å². The molecule has 0 spiro atoms. The number of hydrogen-bond acceptors (Lipinski definition) is 5. The zero-order valence-corrected chi connectivity index (χ0v) is 12.8. The van der Waals surface area contributed by atoms with E-state index in [2.05, 4.69) is 15.0 Å². The smallest absolute Gasteiger partial charge is 0.129 e. The molecule has 0 amide bonds. The number of nitrogens with zero attached hydrogens (tertiary/aromatic N) is 3. The summed E-state index contributed by atoms with van der Waals surface area (Å²) in [4.78, 5) is 13.3. The Bertz CT molecular complexity index is 723. The van der Waals surface area contributed by atoms with E-state index in [1.165, 1.54) is 6.20 Å². The van der Waals surface area contributed by atoms with E-state index >= 15 is 0 Å². The van der Waals surface area contributed by atoms with Crippen LogP contribution in [0, 0.1) is 0 Å². The van der Waals surface area contributed by atoms with Crippen molar-refractivity contribution in [2.24, 2.45) is 10.7 Å². The number of hydrogen-bond donors (Lipinski definition) is 1. The number of halogens is 1. The average Bonchev–Trinajstić information content (AvgIpc) is 2.56. The highest BCUT2D eigenvalue weighted by atomic mass is 35.5. The van der Waals surface area contributed by atoms with Crippen LogP contribution in [0.3, 0.4) is 0 Å². The van der Waals surface area contributed by atoms with Crippen LogP contribution in [0.25, 0.3) is 16.6 Å². The summed E-state index contributed by atoms with van der Waals surface area (Å²) in [5.74, 6) is 0. The largest absolute Gasteiger partial charge is 0.404 e. The van der Waals surface area contributed by atoms with Crippen molar-refractivity contribution in [1.29, 1.82) is 0 Å². The van der Waals surface area contributed by atoms with Gasteiger partial charge in [0.2, 0.25) is 0 Å². The highest BCUT2D eigenvalue weighted by molar-refractivity contribution is 6.29. The van der Waals surface area contributed by atoms with Crippen LogP contribution in [-0.2, 0) is 4.74 Å². The Kier molecular flexibility index (Phi) is 4.65. The van der Waals surface area contributed by atoms with Gasteiger partial charge in [-0.15, -0.1) is 0 Å². The first kappa shape index (κ1) is 14.9. The third kappa shape index (κ3) is 3.43. The number of aliphatic imine (C=N–C) groups is 1. The molecule has 1 fully saturated rings. The zero-order valence-electron chi connectivity index (χ0n) is 12.1. The minimum Gasteiger partial charge on any atom is -0.404 e. The van der Waals surface area contributed by atoms with Gasteiger partial charge in [-0.25, -0.2) is 4.98 Å². The van der Waals surface area contributed by atoms with Gasteiger partial charge in [0.25, 0.3) is 0 Å². The first-order valence-corrected chi connectivity index (χ1v) is 7.59. The molecule has 2 N–H and O–H groups in total. The van der Waals surface area contributed by atoms with Crippen LogP contribution in [-0.4, -0.2) is 35.4 Å². The predicted molar refractivity (Wildman–Crippen MR) is 89.0 cm³/mol. The Morgan fingerprint density at radius 1 is 1.32 bits per heavy atom. The van der Waals surface area contributed by atoms with E-state index in [1.54, 1.807) is 12.3 Å². The molecule has 0 atom stereocenters. The van der Waals surface area contributed by atoms with Crippen molar-refractivity contribution in [3.8, 4) is 0 Å². The summed E-state index contributed by atoms with van der Waals surface area (Å²) in [6.07, 6.45) is 7.01. The first-order valence-electron chi connectivity index (χ1n) is 7.22. The molecule has 3 rings (SSSR count). The Morgan fingerprint density at radius 2 is 2.14 bits per heavy atom. The van der Waals surface area contributed by atoms with E-state index in [-0.39, 0.29) is 0 Å². The molecule has 114 valence electrons. The lowest BCUT2D eigenvalue weighted by Crippen LogP contribution is -2.18. The van der Waals surface area contributed by atoms with E-state index in [4.69, 9.17) is 22.1 Å². The molecule has 1 saturated heterocycles. The van der Waals surface area contributed by atoms with Gasteiger partial charge >= 0.3 is 0 Å². The number of pyridine rings is 2. The normalized spacial score (nSPS) is 17.4. The van der Waals surface area contributed by atoms with Gasteiger partial charge in [0, 0.05) is 43.0 Å². The van der Waals surface area contributed by atoms with Crippen molar-refractivity contribution >= 4 is 34.4 Å². The van der Waals surface area contributed by atoms with E-state index in [0.717, 1.165) is 48.2 Å². The zero-order chi connectivity index (χ0) is 15.4. The van der Waals surface area contributed by atoms with Crippen LogP contribution < -0.4 is 5.73 Å². The molecule has 5 nitrogen and oxygen atoms in total. The van der Waals surface area contributed by atoms with Gasteiger partial charge in [0.1, 0.15) is 5.15 Å². The fraction of sp³-hybridized carbons (Fsp3) is 0.312. The molecule has 0 saturated carbocycles. The maximum atomic E-state index is 5.93. The highest BCUT2D eigenvalue weighted by Gasteiger charge is 2.11. The minimum atomic E-state index is 0.296. The van der Waals surface area contributed by atoms with Gasteiger partial charge in [0.15, 0.2) is 0 Å². The number of ether oxygens (including phenoxy) is 1. The molecule has 0 radical (unpaired) electrons. The van der Waals surface area contributed by atoms with Crippen LogP contribution >= 0.6 is 11.6 Å². The molecule has 2 aromatic heterocycles. The van der Waals surface area contributed by atoms with Gasteiger partial charge < -0.3 is 10.5 Å². The highest BCUT2D eigenvalue weighted by Crippen LogP contribution is 2.19. The van der Waals surface area contributed by atoms with E-state index in [9.17, 15) is 0 Å². The van der Waals surface area contributed by atoms with Gasteiger partial charge in [-0.3, -0.25) is 9.98 Å². The molecular weight excluding hydrogens is 300 g/mol. The van der Waals surface area contributed by atoms with Crippen LogP contribution in [0.1, 0.15) is 18.4 Å². The fourth-order valence-electron chi connectivity index (χ4n) is 2.37. The van der Waals surface area contributed by atoms with Crippen molar-refractivity contribution in [2.45, 2.75) is 18.9 Å². The maximum absolute atomic E-state index is 5.93. The lowest BCUT2D eigenvalue weighted by atomic mass is 10.1. The Labute approximate surface area is 133 Å². The molecule has 1 aliphatic rings. The molecule has 0 unspecified atom stereocenters. The van der Waals surface area contributed by atoms with Gasteiger partial charge in [-0.2, -0.15) is 0 Å². The molecule has 0 bridgehead atoms. The van der Waals surface area contributed by atoms with E-state index < -0.39 is 0 Å². The first-order chi connectivity index (χ1) is 10.8. The summed E-state index contributed by atoms with van der Waals surface area (Å²) < 4.78 is 5.33. The molecule has 6 heteroatoms. The molecule has 3 heterocycles. The standard InChI is InChI=1S/C16H17ClN4O/c17-16-2-1-14-15(21-16)7-11(9-20-14)12(8-18)10-19-13-3-5-22-6-4-13/h1-2,7-10,13H,3-6,18H2. The third-order valence-electron chi connectivity index (χ3n) is 3.63. The van der Waals surface area contributed by atoms with Crippen LogP contribution in [0.5, 0.6) is 0 Å². The molecule has 0 aromatic carbocycles. The Morgan fingerprint density at radius 3 is 2.91 bits per heavy atom. The molecular formula is C16H17ClN4O. The van der Waals surface area contributed by atoms with Gasteiger partial charge in [-0.1, -0.05) is 11.6 Å². The van der Waals surface area contributed by atoms with Crippen molar-refractivity contribution in [2.75, 3.05) is 13.2 Å². The topological polar surface area (TPSA) is 73.4 Å². The number of rotatable bonds is 3. The van der Waals surface area contributed by atoms with Crippen LogP contribution in [0.15, 0.2) is 35.6 Å². The SMILES string of the molecule is NC=C(C=NC1CCOCC1)c1cnc2ccc(Cl)nc2c1. The van der Waals surface area contributed by atoms with Crippen molar-refractivity contribution in [3.63, 3.8) is 0 Å². The second-order valence-corrected chi connectivity index (χ2v) is 5.53. The van der Waals surface area contributed by atoms with Gasteiger partial charge in [-0.05, 0) is 31.0 Å². The summed E-state index contributed by atoms with van der Waals surface area (Å²) in [6.45, 7) is 1.53. The van der Waals surface area contributed by atoms with Gasteiger partial charge in [0.05, 0.1) is 17.1 Å². The van der Waals surface area contributed by atoms with Crippen LogP contribution in [0.4, 0.5) is 0 Å². The molecule has 1 aliphatic heterocycles. The summed E-state index contributed by atoms with van der Waals surface area (Å²) in [7, 11) is 0. The lowest BCUT2D eigenvalue weighted by Gasteiger charge is -2.18. The summed E-state index contributed by atoms with van der Waals surface area (Å²) in [6, 6.07) is 5.78.